The summed E-state index contributed by atoms with van der Waals surface area (Å²) in [5.74, 6) is -1.12. The van der Waals surface area contributed by atoms with Crippen LogP contribution in [0.3, 0.4) is 0 Å². The first-order valence-electron chi connectivity index (χ1n) is 6.71. The highest BCUT2D eigenvalue weighted by Crippen LogP contribution is 2.20. The van der Waals surface area contributed by atoms with Gasteiger partial charge in [0, 0.05) is 23.7 Å². The zero-order valence-corrected chi connectivity index (χ0v) is 12.7. The van der Waals surface area contributed by atoms with Crippen molar-refractivity contribution in [2.45, 2.75) is 32.4 Å². The summed E-state index contributed by atoms with van der Waals surface area (Å²) in [6.07, 6.45) is -0.763. The van der Waals surface area contributed by atoms with E-state index in [0.717, 1.165) is 4.90 Å². The molecule has 1 heterocycles. The third-order valence-electron chi connectivity index (χ3n) is 2.92. The van der Waals surface area contributed by atoms with Gasteiger partial charge in [0.15, 0.2) is 0 Å². The van der Waals surface area contributed by atoms with Crippen molar-refractivity contribution >= 4 is 29.3 Å². The van der Waals surface area contributed by atoms with E-state index < -0.39 is 24.1 Å². The van der Waals surface area contributed by atoms with Crippen LogP contribution < -0.4 is 5.32 Å². The van der Waals surface area contributed by atoms with Crippen molar-refractivity contribution < 1.29 is 19.8 Å². The molecular weight excluding hydrogens is 296 g/mol. The summed E-state index contributed by atoms with van der Waals surface area (Å²) in [5.41, 5.74) is 0.514. The Hall–Kier alpha value is -1.79. The average Bonchev–Trinajstić information content (AvgIpc) is 2.86. The van der Waals surface area contributed by atoms with Crippen LogP contribution in [0, 0.1) is 0 Å². The van der Waals surface area contributed by atoms with Crippen molar-refractivity contribution in [2.75, 3.05) is 11.9 Å². The van der Waals surface area contributed by atoms with Crippen LogP contribution in [0.25, 0.3) is 0 Å². The maximum Gasteiger partial charge on any atom is 0.326 e. The van der Waals surface area contributed by atoms with Crippen molar-refractivity contribution in [3.05, 3.63) is 29.3 Å². The minimum atomic E-state index is -1.12. The van der Waals surface area contributed by atoms with E-state index >= 15 is 0 Å². The predicted molar refractivity (Wildman–Crippen MR) is 80.6 cm³/mol. The largest absolute Gasteiger partial charge is 0.480 e. The molecule has 1 aromatic carbocycles. The van der Waals surface area contributed by atoms with Crippen molar-refractivity contribution in [3.63, 3.8) is 0 Å². The molecule has 1 fully saturated rings. The number of carboxylic acids is 1. The van der Waals surface area contributed by atoms with E-state index in [1.807, 2.05) is 13.8 Å². The molecule has 1 aliphatic rings. The summed E-state index contributed by atoms with van der Waals surface area (Å²) in [4.78, 5) is 24.1. The molecule has 1 aliphatic heterocycles. The van der Waals surface area contributed by atoms with Gasteiger partial charge < -0.3 is 20.4 Å². The molecule has 2 atom stereocenters. The number of aliphatic hydroxyl groups is 1. The molecule has 6 nitrogen and oxygen atoms in total. The second-order valence-electron chi connectivity index (χ2n) is 4.33. The monoisotopic (exact) mass is 314 g/mol. The van der Waals surface area contributed by atoms with Crippen molar-refractivity contribution in [1.29, 1.82) is 0 Å². The first-order chi connectivity index (χ1) is 9.97. The van der Waals surface area contributed by atoms with Crippen LogP contribution in [0.2, 0.25) is 5.02 Å². The Bertz CT molecular complexity index is 492. The Morgan fingerprint density at radius 3 is 2.38 bits per heavy atom. The Labute approximate surface area is 128 Å². The number of nitrogens with zero attached hydrogens (tertiary/aromatic N) is 1. The number of aliphatic carboxylic acids is 1. The van der Waals surface area contributed by atoms with Gasteiger partial charge in [-0.05, 0) is 24.3 Å². The summed E-state index contributed by atoms with van der Waals surface area (Å²) in [6, 6.07) is 4.91. The van der Waals surface area contributed by atoms with Gasteiger partial charge >= 0.3 is 12.0 Å². The quantitative estimate of drug-likeness (QED) is 0.782. The van der Waals surface area contributed by atoms with E-state index in [9.17, 15) is 14.7 Å². The minimum Gasteiger partial charge on any atom is -0.480 e. The summed E-state index contributed by atoms with van der Waals surface area (Å²) >= 11 is 5.73. The number of likely N-dealkylation sites (tertiary alicyclic amines) is 1. The van der Waals surface area contributed by atoms with Gasteiger partial charge in [0.25, 0.3) is 0 Å². The number of aliphatic hydroxyl groups excluding tert-OH is 1. The van der Waals surface area contributed by atoms with Crippen LogP contribution >= 0.6 is 11.6 Å². The number of carboxylic acid groups (broad SMARTS) is 1. The maximum atomic E-state index is 12.0. The van der Waals surface area contributed by atoms with Gasteiger partial charge in [-0.25, -0.2) is 9.59 Å². The van der Waals surface area contributed by atoms with Crippen molar-refractivity contribution in [3.8, 4) is 0 Å². The molecule has 2 unspecified atom stereocenters. The smallest absolute Gasteiger partial charge is 0.326 e. The molecule has 0 aromatic heterocycles. The maximum absolute atomic E-state index is 12.0. The molecule has 2 rings (SSSR count). The predicted octanol–water partition coefficient (Wildman–Crippen LogP) is 2.42. The van der Waals surface area contributed by atoms with Gasteiger partial charge in [-0.15, -0.1) is 0 Å². The molecule has 0 spiro atoms. The standard InChI is InChI=1S/C12H13ClN2O4.C2H6/c13-7-1-3-8(4-2-7)14-12(19)15-6-9(16)5-10(15)11(17)18;1-2/h1-4,9-10,16H,5-6H2,(H,14,19)(H,17,18);1-2H3. The number of β-amino-alcohol motifs (C(OH)–C–C–N with tert-alkyl or cyclic N) is 1. The Balaban J connectivity index is 0.00000106. The van der Waals surface area contributed by atoms with Crippen molar-refractivity contribution in [2.24, 2.45) is 0 Å². The number of hydrogen-bond donors (Lipinski definition) is 3. The second-order valence-corrected chi connectivity index (χ2v) is 4.77. The molecule has 2 amide bonds. The lowest BCUT2D eigenvalue weighted by atomic mass is 10.2. The summed E-state index contributed by atoms with van der Waals surface area (Å²) in [7, 11) is 0. The van der Waals surface area contributed by atoms with Gasteiger partial charge in [-0.1, -0.05) is 25.4 Å². The highest BCUT2D eigenvalue weighted by atomic mass is 35.5. The molecular formula is C14H19ClN2O4. The van der Waals surface area contributed by atoms with E-state index in [1.165, 1.54) is 0 Å². The molecule has 21 heavy (non-hydrogen) atoms. The lowest BCUT2D eigenvalue weighted by molar-refractivity contribution is -0.141. The van der Waals surface area contributed by atoms with Gasteiger partial charge in [-0.3, -0.25) is 0 Å². The third-order valence-corrected chi connectivity index (χ3v) is 3.17. The lowest BCUT2D eigenvalue weighted by Gasteiger charge is -2.21. The zero-order valence-electron chi connectivity index (χ0n) is 11.9. The van der Waals surface area contributed by atoms with Gasteiger partial charge in [-0.2, -0.15) is 0 Å². The van der Waals surface area contributed by atoms with Crippen LogP contribution in [0.15, 0.2) is 24.3 Å². The van der Waals surface area contributed by atoms with Gasteiger partial charge in [0.2, 0.25) is 0 Å². The lowest BCUT2D eigenvalue weighted by Crippen LogP contribution is -2.43. The highest BCUT2D eigenvalue weighted by Gasteiger charge is 2.38. The van der Waals surface area contributed by atoms with Crippen molar-refractivity contribution in [1.82, 2.24) is 4.90 Å². The van der Waals surface area contributed by atoms with Crippen LogP contribution in [-0.4, -0.2) is 45.8 Å². The van der Waals surface area contributed by atoms with Crippen LogP contribution in [0.4, 0.5) is 10.5 Å². The Kier molecular flexibility index (Phi) is 6.45. The number of carbonyl (C=O) groups excluding carboxylic acids is 1. The summed E-state index contributed by atoms with van der Waals surface area (Å²) < 4.78 is 0. The second kappa shape index (κ2) is 7.85. The van der Waals surface area contributed by atoms with Crippen LogP contribution in [0.1, 0.15) is 20.3 Å². The number of rotatable bonds is 2. The Morgan fingerprint density at radius 1 is 1.29 bits per heavy atom. The van der Waals surface area contributed by atoms with Crippen LogP contribution in [-0.2, 0) is 4.79 Å². The molecule has 0 aliphatic carbocycles. The molecule has 3 N–H and O–H groups in total. The average molecular weight is 315 g/mol. The number of urea groups is 1. The normalized spacial score (nSPS) is 20.5. The number of hydrogen-bond acceptors (Lipinski definition) is 3. The fourth-order valence-electron chi connectivity index (χ4n) is 2.00. The van der Waals surface area contributed by atoms with E-state index in [1.54, 1.807) is 24.3 Å². The van der Waals surface area contributed by atoms with Gasteiger partial charge in [0.05, 0.1) is 6.10 Å². The molecule has 116 valence electrons. The molecule has 0 bridgehead atoms. The number of nitrogens with one attached hydrogen (secondary N) is 1. The van der Waals surface area contributed by atoms with Crippen LogP contribution in [0.5, 0.6) is 0 Å². The number of carbonyl (C=O) groups is 2. The Morgan fingerprint density at radius 2 is 1.86 bits per heavy atom. The molecule has 0 saturated carbocycles. The zero-order chi connectivity index (χ0) is 16.0. The molecule has 1 saturated heterocycles. The molecule has 7 heteroatoms. The SMILES string of the molecule is CC.O=C(O)C1CC(O)CN1C(=O)Nc1ccc(Cl)cc1. The molecule has 1 aromatic rings. The van der Waals surface area contributed by atoms with E-state index in [0.29, 0.717) is 10.7 Å². The van der Waals surface area contributed by atoms with E-state index in [2.05, 4.69) is 5.32 Å². The van der Waals surface area contributed by atoms with Gasteiger partial charge in [0.1, 0.15) is 6.04 Å². The molecule has 0 radical (unpaired) electrons. The number of benzene rings is 1. The number of amides is 2. The number of anilines is 1. The number of halogens is 1. The fraction of sp³-hybridized carbons (Fsp3) is 0.429. The summed E-state index contributed by atoms with van der Waals surface area (Å²) in [6.45, 7) is 4.01. The minimum absolute atomic E-state index is 0.0103. The first-order valence-corrected chi connectivity index (χ1v) is 7.09. The summed E-state index contributed by atoms with van der Waals surface area (Å²) in [5, 5.41) is 21.6. The first kappa shape index (κ1) is 17.3. The van der Waals surface area contributed by atoms with E-state index in [4.69, 9.17) is 16.7 Å². The highest BCUT2D eigenvalue weighted by molar-refractivity contribution is 6.30. The topological polar surface area (TPSA) is 89.9 Å². The van der Waals surface area contributed by atoms with E-state index in [-0.39, 0.29) is 13.0 Å². The fourth-order valence-corrected chi connectivity index (χ4v) is 2.13. The third kappa shape index (κ3) is 4.61.